The molecule has 2 heteroatoms. The van der Waals surface area contributed by atoms with Crippen molar-refractivity contribution >= 4 is 22.6 Å². The number of benzene rings is 7. The zero-order valence-electron chi connectivity index (χ0n) is 28.8. The second-order valence-corrected chi connectivity index (χ2v) is 14.0. The largest absolute Gasteiger partial charge is 0.272 e. The van der Waals surface area contributed by atoms with Gasteiger partial charge >= 0.3 is 0 Å². The Bertz CT molecular complexity index is 2350. The number of rotatable bonds is 6. The summed E-state index contributed by atoms with van der Waals surface area (Å²) in [5.41, 5.74) is 15.4. The molecule has 0 radical (unpaired) electrons. The molecule has 0 amide bonds. The van der Waals surface area contributed by atoms with Gasteiger partial charge in [-0.05, 0) is 45.5 Å². The normalized spacial score (nSPS) is 16.8. The van der Waals surface area contributed by atoms with Crippen molar-refractivity contribution in [1.82, 2.24) is 0 Å². The first-order valence-corrected chi connectivity index (χ1v) is 18.4. The Kier molecular flexibility index (Phi) is 7.46. The van der Waals surface area contributed by atoms with Crippen LogP contribution in [0.1, 0.15) is 45.2 Å². The molecule has 2 nitrogen and oxygen atoms in total. The molecule has 2 aliphatic heterocycles. The standard InChI is InChI=1S/C50H38N2/c1-5-19-35(20-6-1)47(36-21-7-2-8-22-36)43-31-17-29-41-39-27-13-16-34-46(39)52-50-42(40-28-14-15-33-45(40)51(52)49(41)43)30-18-32-44(50)48(37-23-9-3-10-24-37)38-25-11-4-12-26-38/h1-34,43,47-49H. The second kappa shape index (κ2) is 12.7. The lowest BCUT2D eigenvalue weighted by molar-refractivity contribution is 0.481. The summed E-state index contributed by atoms with van der Waals surface area (Å²) in [6, 6.07) is 69.3. The van der Waals surface area contributed by atoms with Gasteiger partial charge in [0.05, 0.1) is 23.1 Å². The third-order valence-corrected chi connectivity index (χ3v) is 11.2. The molecule has 2 heterocycles. The van der Waals surface area contributed by atoms with Crippen LogP contribution in [0.15, 0.2) is 206 Å². The second-order valence-electron chi connectivity index (χ2n) is 14.0. The SMILES string of the molecule is C1=CC(C(c2ccccc2)c2ccccc2)C2C(=C1)c1ccccc1N1c3c(cccc3C(c3ccccc3)c3ccccc3)-c3ccccc3N21. The van der Waals surface area contributed by atoms with E-state index in [2.05, 4.69) is 216 Å². The lowest BCUT2D eigenvalue weighted by Crippen LogP contribution is -2.56. The Morgan fingerprint density at radius 3 is 1.54 bits per heavy atom. The maximum atomic E-state index is 2.65. The third kappa shape index (κ3) is 4.86. The summed E-state index contributed by atoms with van der Waals surface area (Å²) in [4.78, 5) is 0. The minimum Gasteiger partial charge on any atom is -0.272 e. The summed E-state index contributed by atoms with van der Waals surface area (Å²) in [7, 11) is 0. The van der Waals surface area contributed by atoms with Gasteiger partial charge in [-0.1, -0.05) is 194 Å². The summed E-state index contributed by atoms with van der Waals surface area (Å²) in [5.74, 6) is 0.322. The first-order valence-electron chi connectivity index (χ1n) is 18.4. The van der Waals surface area contributed by atoms with Crippen LogP contribution in [-0.2, 0) is 0 Å². The molecule has 7 aromatic carbocycles. The van der Waals surface area contributed by atoms with Gasteiger partial charge in [-0.2, -0.15) is 0 Å². The summed E-state index contributed by atoms with van der Waals surface area (Å²) >= 11 is 0. The van der Waals surface area contributed by atoms with Gasteiger partial charge in [0.15, 0.2) is 0 Å². The van der Waals surface area contributed by atoms with Crippen molar-refractivity contribution in [1.29, 1.82) is 0 Å². The van der Waals surface area contributed by atoms with Gasteiger partial charge in [0, 0.05) is 34.4 Å². The molecule has 0 saturated carbocycles. The van der Waals surface area contributed by atoms with Crippen molar-refractivity contribution in [2.75, 3.05) is 10.0 Å². The van der Waals surface area contributed by atoms with Crippen LogP contribution in [0.25, 0.3) is 16.7 Å². The lowest BCUT2D eigenvalue weighted by atomic mass is 9.70. The van der Waals surface area contributed by atoms with Crippen molar-refractivity contribution in [3.05, 3.63) is 240 Å². The van der Waals surface area contributed by atoms with Gasteiger partial charge in [-0.3, -0.25) is 10.0 Å². The highest BCUT2D eigenvalue weighted by molar-refractivity contribution is 6.03. The van der Waals surface area contributed by atoms with Crippen molar-refractivity contribution in [3.63, 3.8) is 0 Å². The van der Waals surface area contributed by atoms with Crippen molar-refractivity contribution in [2.24, 2.45) is 5.92 Å². The average Bonchev–Trinajstić information content (AvgIpc) is 3.22. The van der Waals surface area contributed by atoms with Gasteiger partial charge in [0.2, 0.25) is 0 Å². The number of allylic oxidation sites excluding steroid dienone is 2. The molecule has 1 aliphatic carbocycles. The molecule has 7 aromatic rings. The first kappa shape index (κ1) is 30.4. The van der Waals surface area contributed by atoms with Gasteiger partial charge in [-0.25, -0.2) is 0 Å². The zero-order valence-corrected chi connectivity index (χ0v) is 28.8. The fourth-order valence-corrected chi connectivity index (χ4v) is 9.11. The van der Waals surface area contributed by atoms with E-state index in [9.17, 15) is 0 Å². The predicted molar refractivity (Wildman–Crippen MR) is 216 cm³/mol. The molecule has 248 valence electrons. The monoisotopic (exact) mass is 666 g/mol. The minimum atomic E-state index is 0.0274. The number of nitrogens with zero attached hydrogens (tertiary/aromatic N) is 2. The summed E-state index contributed by atoms with van der Waals surface area (Å²) in [6.07, 6.45) is 7.13. The molecule has 0 fully saturated rings. The van der Waals surface area contributed by atoms with E-state index in [0.717, 1.165) is 0 Å². The van der Waals surface area contributed by atoms with E-state index in [1.807, 2.05) is 0 Å². The third-order valence-electron chi connectivity index (χ3n) is 11.2. The molecule has 52 heavy (non-hydrogen) atoms. The Hall–Kier alpha value is -6.38. The molecule has 2 atom stereocenters. The Morgan fingerprint density at radius 1 is 0.423 bits per heavy atom. The minimum absolute atomic E-state index is 0.0274. The van der Waals surface area contributed by atoms with Crippen LogP contribution in [0.2, 0.25) is 0 Å². The van der Waals surface area contributed by atoms with E-state index in [4.69, 9.17) is 0 Å². The van der Waals surface area contributed by atoms with Gasteiger partial charge in [0.1, 0.15) is 0 Å². The van der Waals surface area contributed by atoms with Crippen LogP contribution in [0.5, 0.6) is 0 Å². The highest BCUT2D eigenvalue weighted by Crippen LogP contribution is 2.58. The van der Waals surface area contributed by atoms with Crippen LogP contribution in [0, 0.1) is 5.92 Å². The maximum Gasteiger partial charge on any atom is 0.0838 e. The number of hydrazine groups is 1. The highest BCUT2D eigenvalue weighted by atomic mass is 15.7. The summed E-state index contributed by atoms with van der Waals surface area (Å²) < 4.78 is 0. The van der Waals surface area contributed by atoms with Crippen LogP contribution in [-0.4, -0.2) is 6.04 Å². The summed E-state index contributed by atoms with van der Waals surface area (Å²) in [5, 5.41) is 5.23. The number of anilines is 3. The summed E-state index contributed by atoms with van der Waals surface area (Å²) in [6.45, 7) is 0. The lowest BCUT2D eigenvalue weighted by Gasteiger charge is -2.55. The molecule has 3 aliphatic rings. The maximum absolute atomic E-state index is 2.65. The van der Waals surface area contributed by atoms with Gasteiger partial charge in [0.25, 0.3) is 0 Å². The fourth-order valence-electron chi connectivity index (χ4n) is 9.11. The fraction of sp³-hybridized carbons (Fsp3) is 0.0800. The van der Waals surface area contributed by atoms with Crippen molar-refractivity contribution in [2.45, 2.75) is 17.9 Å². The van der Waals surface area contributed by atoms with Crippen LogP contribution >= 0.6 is 0 Å². The van der Waals surface area contributed by atoms with Crippen molar-refractivity contribution < 1.29 is 0 Å². The van der Waals surface area contributed by atoms with E-state index < -0.39 is 0 Å². The average molecular weight is 667 g/mol. The Balaban J connectivity index is 1.26. The van der Waals surface area contributed by atoms with Crippen LogP contribution < -0.4 is 10.0 Å². The molecule has 2 unspecified atom stereocenters. The quantitative estimate of drug-likeness (QED) is 0.163. The number of hydrogen-bond acceptors (Lipinski definition) is 2. The molecular formula is C50H38N2. The van der Waals surface area contributed by atoms with Crippen LogP contribution in [0.4, 0.5) is 17.1 Å². The molecule has 0 spiro atoms. The van der Waals surface area contributed by atoms with Gasteiger partial charge in [-0.15, -0.1) is 0 Å². The first-order chi connectivity index (χ1) is 25.9. The number of hydrogen-bond donors (Lipinski definition) is 0. The van der Waals surface area contributed by atoms with Gasteiger partial charge < -0.3 is 0 Å². The predicted octanol–water partition coefficient (Wildman–Crippen LogP) is 12.2. The van der Waals surface area contributed by atoms with Crippen LogP contribution in [0.3, 0.4) is 0 Å². The van der Waals surface area contributed by atoms with Crippen molar-refractivity contribution in [3.8, 4) is 11.1 Å². The Labute approximate surface area is 306 Å². The van der Waals surface area contributed by atoms with E-state index in [0.29, 0.717) is 0 Å². The van der Waals surface area contributed by atoms with E-state index >= 15 is 0 Å². The molecular weight excluding hydrogens is 629 g/mol. The number of fused-ring (bicyclic) bond motifs is 11. The zero-order chi connectivity index (χ0) is 34.4. The van der Waals surface area contributed by atoms with E-state index in [-0.39, 0.29) is 23.8 Å². The number of para-hydroxylation sites is 3. The molecule has 0 aromatic heterocycles. The molecule has 0 N–H and O–H groups in total. The topological polar surface area (TPSA) is 6.48 Å². The molecule has 0 bridgehead atoms. The molecule has 0 saturated heterocycles. The Morgan fingerprint density at radius 2 is 0.923 bits per heavy atom. The van der Waals surface area contributed by atoms with E-state index in [1.165, 1.54) is 67.1 Å². The molecule has 10 rings (SSSR count). The smallest absolute Gasteiger partial charge is 0.0838 e. The highest BCUT2D eigenvalue weighted by Gasteiger charge is 2.48. The van der Waals surface area contributed by atoms with E-state index in [1.54, 1.807) is 0 Å².